The third kappa shape index (κ3) is 2.24. The van der Waals surface area contributed by atoms with Gasteiger partial charge in [-0.15, -0.1) is 12.6 Å². The summed E-state index contributed by atoms with van der Waals surface area (Å²) in [6, 6.07) is 11.3. The van der Waals surface area contributed by atoms with Crippen molar-refractivity contribution in [2.75, 3.05) is 7.11 Å². The van der Waals surface area contributed by atoms with E-state index in [1.54, 1.807) is 0 Å². The van der Waals surface area contributed by atoms with Gasteiger partial charge in [-0.3, -0.25) is 0 Å². The fourth-order valence-corrected chi connectivity index (χ4v) is 2.03. The van der Waals surface area contributed by atoms with E-state index in [-0.39, 0.29) is 22.2 Å². The maximum absolute atomic E-state index is 9.26. The lowest BCUT2D eigenvalue weighted by molar-refractivity contribution is 0.397. The van der Waals surface area contributed by atoms with Crippen molar-refractivity contribution in [2.45, 2.75) is 5.03 Å². The van der Waals surface area contributed by atoms with Gasteiger partial charge in [-0.05, 0) is 5.56 Å². The van der Waals surface area contributed by atoms with E-state index in [0.717, 1.165) is 5.56 Å². The first-order chi connectivity index (χ1) is 9.22. The highest BCUT2D eigenvalue weighted by atomic mass is 32.1. The average Bonchev–Trinajstić information content (AvgIpc) is 2.46. The van der Waals surface area contributed by atoms with Crippen molar-refractivity contribution >= 4 is 18.3 Å². The molecule has 0 fully saturated rings. The number of pyridine rings is 1. The normalized spacial score (nSPS) is 9.47. The highest BCUT2D eigenvalue weighted by Gasteiger charge is 2.20. The number of benzene rings is 1. The first kappa shape index (κ1) is 12.9. The highest BCUT2D eigenvalue weighted by molar-refractivity contribution is 7.80. The lowest BCUT2D eigenvalue weighted by Crippen LogP contribution is -1.96. The largest absolute Gasteiger partial charge is 0.490 e. The van der Waals surface area contributed by atoms with E-state index in [2.05, 4.69) is 28.5 Å². The average molecular weight is 267 g/mol. The van der Waals surface area contributed by atoms with Crippen molar-refractivity contribution in [2.24, 2.45) is 0 Å². The summed E-state index contributed by atoms with van der Waals surface area (Å²) in [5.41, 5.74) is 1.78. The fraction of sp³-hybridized carbons (Fsp3) is 0.0714. The van der Waals surface area contributed by atoms with Gasteiger partial charge in [0, 0.05) is 5.56 Å². The number of hydrogen-bond acceptors (Lipinski definition) is 4. The number of hydrogen-bond donors (Lipinski definition) is 1. The van der Waals surface area contributed by atoms with Crippen LogP contribution in [0.25, 0.3) is 16.0 Å². The Morgan fingerprint density at radius 1 is 1.37 bits per heavy atom. The van der Waals surface area contributed by atoms with E-state index in [4.69, 9.17) is 11.3 Å². The molecule has 19 heavy (non-hydrogen) atoms. The van der Waals surface area contributed by atoms with Gasteiger partial charge in [0.2, 0.25) is 5.88 Å². The van der Waals surface area contributed by atoms with Crippen LogP contribution in [0.15, 0.2) is 35.4 Å². The van der Waals surface area contributed by atoms with Crippen molar-refractivity contribution in [1.29, 1.82) is 5.26 Å². The predicted molar refractivity (Wildman–Crippen MR) is 74.5 cm³/mol. The molecule has 2 aromatic rings. The Labute approximate surface area is 116 Å². The van der Waals surface area contributed by atoms with Crippen LogP contribution in [0.4, 0.5) is 5.69 Å². The van der Waals surface area contributed by atoms with Crippen LogP contribution in [0, 0.1) is 17.9 Å². The molecule has 0 aliphatic rings. The summed E-state index contributed by atoms with van der Waals surface area (Å²) >= 11 is 4.19. The van der Waals surface area contributed by atoms with E-state index in [9.17, 15) is 5.26 Å². The highest BCUT2D eigenvalue weighted by Crippen LogP contribution is 2.41. The topological polar surface area (TPSA) is 50.3 Å². The zero-order valence-electron chi connectivity index (χ0n) is 10.1. The maximum atomic E-state index is 9.26. The number of thiol groups is 1. The number of nitrogens with zero attached hydrogens (tertiary/aromatic N) is 3. The molecule has 0 aliphatic heterocycles. The minimum atomic E-state index is 0.179. The van der Waals surface area contributed by atoms with Gasteiger partial charge >= 0.3 is 0 Å². The van der Waals surface area contributed by atoms with Crippen LogP contribution in [-0.4, -0.2) is 12.1 Å². The molecule has 0 unspecified atom stereocenters. The van der Waals surface area contributed by atoms with E-state index in [1.807, 2.05) is 30.3 Å². The van der Waals surface area contributed by atoms with Gasteiger partial charge in [-0.1, -0.05) is 30.3 Å². The summed E-state index contributed by atoms with van der Waals surface area (Å²) in [5, 5.41) is 9.52. The van der Waals surface area contributed by atoms with Gasteiger partial charge in [0.25, 0.3) is 5.69 Å². The molecule has 0 bridgehead atoms. The Balaban J connectivity index is 2.88. The zero-order valence-corrected chi connectivity index (χ0v) is 11.0. The molecule has 4 nitrogen and oxygen atoms in total. The number of nitriles is 1. The number of ether oxygens (including phenoxy) is 1. The number of rotatable bonds is 2. The van der Waals surface area contributed by atoms with E-state index in [1.165, 1.54) is 7.11 Å². The SMILES string of the molecule is [C-]#[N+]c1c(OC)nc(S)c(C#N)c1-c1ccccc1. The minimum Gasteiger partial charge on any atom is -0.490 e. The second-order valence-electron chi connectivity index (χ2n) is 3.63. The first-order valence-corrected chi connectivity index (χ1v) is 5.81. The molecule has 5 heteroatoms. The molecule has 1 aromatic heterocycles. The van der Waals surface area contributed by atoms with Gasteiger partial charge in [0.05, 0.1) is 19.2 Å². The summed E-state index contributed by atoms with van der Waals surface area (Å²) in [6.07, 6.45) is 0. The van der Waals surface area contributed by atoms with Crippen molar-refractivity contribution in [3.05, 3.63) is 47.3 Å². The van der Waals surface area contributed by atoms with Crippen molar-refractivity contribution in [1.82, 2.24) is 4.98 Å². The molecule has 0 amide bonds. The molecular weight excluding hydrogens is 258 g/mol. The molecule has 0 N–H and O–H groups in total. The molecule has 0 aliphatic carbocycles. The Bertz CT molecular complexity index is 699. The van der Waals surface area contributed by atoms with Gasteiger partial charge < -0.3 is 4.74 Å². The summed E-state index contributed by atoms with van der Waals surface area (Å²) in [7, 11) is 1.44. The van der Waals surface area contributed by atoms with Gasteiger partial charge in [0.1, 0.15) is 11.1 Å². The van der Waals surface area contributed by atoms with Crippen LogP contribution in [-0.2, 0) is 0 Å². The Morgan fingerprint density at radius 3 is 2.58 bits per heavy atom. The molecular formula is C14H9N3OS. The van der Waals surface area contributed by atoms with Crippen molar-refractivity contribution < 1.29 is 4.74 Å². The molecule has 0 atom stereocenters. The molecule has 1 aromatic carbocycles. The Kier molecular flexibility index (Phi) is 3.70. The van der Waals surface area contributed by atoms with Crippen LogP contribution in [0.1, 0.15) is 5.56 Å². The number of aromatic nitrogens is 1. The molecule has 2 rings (SSSR count). The van der Waals surface area contributed by atoms with Gasteiger partial charge in [-0.2, -0.15) is 5.26 Å². The molecule has 0 saturated carbocycles. The minimum absolute atomic E-state index is 0.179. The standard InChI is InChI=1S/C14H9N3OS/c1-16-12-11(9-6-4-3-5-7-9)10(8-15)14(19)17-13(12)18-2/h3-7H,2H3,(H,17,19). The third-order valence-electron chi connectivity index (χ3n) is 2.60. The maximum Gasteiger partial charge on any atom is 0.256 e. The summed E-state index contributed by atoms with van der Waals surface area (Å²) in [4.78, 5) is 7.47. The quantitative estimate of drug-likeness (QED) is 0.669. The van der Waals surface area contributed by atoms with Crippen LogP contribution >= 0.6 is 12.6 Å². The first-order valence-electron chi connectivity index (χ1n) is 5.36. The van der Waals surface area contributed by atoms with Gasteiger partial charge in [0.15, 0.2) is 0 Å². The molecule has 92 valence electrons. The lowest BCUT2D eigenvalue weighted by Gasteiger charge is -2.11. The molecule has 0 spiro atoms. The van der Waals surface area contributed by atoms with Crippen molar-refractivity contribution in [3.8, 4) is 23.1 Å². The number of methoxy groups -OCH3 is 1. The summed E-state index contributed by atoms with van der Waals surface area (Å²) in [5.74, 6) is 0.179. The predicted octanol–water partition coefficient (Wildman–Crippen LogP) is 3.47. The van der Waals surface area contributed by atoms with E-state index < -0.39 is 0 Å². The second-order valence-corrected chi connectivity index (χ2v) is 4.06. The molecule has 0 radical (unpaired) electrons. The zero-order chi connectivity index (χ0) is 13.8. The second kappa shape index (κ2) is 5.43. The van der Waals surface area contributed by atoms with E-state index in [0.29, 0.717) is 5.56 Å². The molecule has 0 saturated heterocycles. The fourth-order valence-electron chi connectivity index (χ4n) is 1.78. The third-order valence-corrected chi connectivity index (χ3v) is 2.92. The monoisotopic (exact) mass is 267 g/mol. The van der Waals surface area contributed by atoms with Gasteiger partial charge in [-0.25, -0.2) is 9.83 Å². The Morgan fingerprint density at radius 2 is 2.05 bits per heavy atom. The Hall–Kier alpha value is -2.50. The lowest BCUT2D eigenvalue weighted by atomic mass is 10.0. The van der Waals surface area contributed by atoms with Crippen LogP contribution in [0.3, 0.4) is 0 Å². The summed E-state index contributed by atoms with van der Waals surface area (Å²) in [6.45, 7) is 7.29. The van der Waals surface area contributed by atoms with Crippen molar-refractivity contribution in [3.63, 3.8) is 0 Å². The van der Waals surface area contributed by atoms with Crippen LogP contribution < -0.4 is 4.74 Å². The smallest absolute Gasteiger partial charge is 0.256 e. The molecule has 1 heterocycles. The van der Waals surface area contributed by atoms with Crippen LogP contribution in [0.2, 0.25) is 0 Å². The van der Waals surface area contributed by atoms with Crippen LogP contribution in [0.5, 0.6) is 5.88 Å². The summed E-state index contributed by atoms with van der Waals surface area (Å²) < 4.78 is 5.10. The van der Waals surface area contributed by atoms with E-state index >= 15 is 0 Å².